The monoisotopic (exact) mass is 452 g/mol. The molecule has 1 atom stereocenters. The van der Waals surface area contributed by atoms with Crippen LogP contribution in [-0.2, 0) is 9.59 Å². The molecule has 2 aromatic rings. The van der Waals surface area contributed by atoms with E-state index in [-0.39, 0.29) is 11.3 Å². The Hall–Kier alpha value is -3.52. The van der Waals surface area contributed by atoms with Crippen molar-refractivity contribution in [3.63, 3.8) is 0 Å². The highest BCUT2D eigenvalue weighted by atomic mass is 16.6. The molecule has 1 fully saturated rings. The van der Waals surface area contributed by atoms with Crippen LogP contribution in [0.15, 0.2) is 48.0 Å². The highest BCUT2D eigenvalue weighted by Gasteiger charge is 2.46. The van der Waals surface area contributed by atoms with Gasteiger partial charge < -0.3 is 29.1 Å². The highest BCUT2D eigenvalue weighted by Crippen LogP contribution is 2.41. The van der Waals surface area contributed by atoms with Gasteiger partial charge in [0.1, 0.15) is 24.7 Å². The van der Waals surface area contributed by atoms with Gasteiger partial charge in [0.15, 0.2) is 11.5 Å². The molecule has 0 saturated carbocycles. The molecular formula is C25H28N2O6. The number of aliphatic hydroxyl groups is 1. The Balaban J connectivity index is 1.82. The molecule has 2 aromatic carbocycles. The van der Waals surface area contributed by atoms with Crippen molar-refractivity contribution in [2.45, 2.75) is 13.0 Å². The minimum atomic E-state index is -0.737. The zero-order valence-electron chi connectivity index (χ0n) is 19.0. The molecule has 4 rings (SSSR count). The van der Waals surface area contributed by atoms with Gasteiger partial charge in [-0.3, -0.25) is 9.59 Å². The van der Waals surface area contributed by atoms with Crippen LogP contribution in [0.1, 0.15) is 24.1 Å². The number of nitrogens with zero attached hydrogens (tertiary/aromatic N) is 2. The lowest BCUT2D eigenvalue weighted by Gasteiger charge is -2.27. The van der Waals surface area contributed by atoms with Crippen molar-refractivity contribution in [2.75, 3.05) is 47.0 Å². The van der Waals surface area contributed by atoms with E-state index in [4.69, 9.17) is 14.2 Å². The number of likely N-dealkylation sites (tertiary alicyclic amines) is 1. The Kier molecular flexibility index (Phi) is 6.55. The average molecular weight is 453 g/mol. The third kappa shape index (κ3) is 4.52. The fourth-order valence-corrected chi connectivity index (χ4v) is 4.05. The molecule has 2 heterocycles. The van der Waals surface area contributed by atoms with Crippen molar-refractivity contribution < 1.29 is 28.9 Å². The topological polar surface area (TPSA) is 88.5 Å². The summed E-state index contributed by atoms with van der Waals surface area (Å²) in [7, 11) is 3.80. The summed E-state index contributed by atoms with van der Waals surface area (Å²) in [5.41, 5.74) is 1.12. The predicted molar refractivity (Wildman–Crippen MR) is 123 cm³/mol. The van der Waals surface area contributed by atoms with E-state index in [2.05, 4.69) is 0 Å². The summed E-state index contributed by atoms with van der Waals surface area (Å²) in [5, 5.41) is 11.3. The zero-order chi connectivity index (χ0) is 23.5. The molecule has 0 aromatic heterocycles. The number of hydrogen-bond donors (Lipinski definition) is 1. The number of Topliss-reactive ketones (excluding diaryl/α,β-unsaturated/α-hetero) is 1. The first-order valence-electron chi connectivity index (χ1n) is 11.0. The third-order valence-corrected chi connectivity index (χ3v) is 5.63. The lowest BCUT2D eigenvalue weighted by atomic mass is 9.95. The Morgan fingerprint density at radius 1 is 1.12 bits per heavy atom. The molecule has 1 amide bonds. The van der Waals surface area contributed by atoms with Crippen molar-refractivity contribution in [3.05, 3.63) is 59.2 Å². The van der Waals surface area contributed by atoms with Gasteiger partial charge in [-0.2, -0.15) is 0 Å². The Bertz CT molecular complexity index is 1090. The van der Waals surface area contributed by atoms with E-state index in [9.17, 15) is 14.7 Å². The van der Waals surface area contributed by atoms with Gasteiger partial charge in [-0.05, 0) is 56.9 Å². The average Bonchev–Trinajstić information content (AvgIpc) is 3.07. The second-order valence-electron chi connectivity index (χ2n) is 8.16. The Labute approximate surface area is 193 Å². The predicted octanol–water partition coefficient (Wildman–Crippen LogP) is 2.84. The number of benzene rings is 2. The maximum atomic E-state index is 13.1. The molecule has 8 nitrogen and oxygen atoms in total. The number of rotatable bonds is 7. The number of amides is 1. The van der Waals surface area contributed by atoms with Crippen molar-refractivity contribution in [1.29, 1.82) is 0 Å². The first-order chi connectivity index (χ1) is 15.9. The number of aliphatic hydroxyl groups excluding tert-OH is 1. The van der Waals surface area contributed by atoms with E-state index in [1.54, 1.807) is 24.3 Å². The molecule has 1 N–H and O–H groups in total. The van der Waals surface area contributed by atoms with Gasteiger partial charge in [0.25, 0.3) is 11.7 Å². The summed E-state index contributed by atoms with van der Waals surface area (Å²) in [6.45, 7) is 4.12. The van der Waals surface area contributed by atoms with Crippen LogP contribution in [-0.4, -0.2) is 73.6 Å². The molecule has 2 aliphatic rings. The number of ketones is 1. The van der Waals surface area contributed by atoms with Crippen LogP contribution in [0.4, 0.5) is 0 Å². The van der Waals surface area contributed by atoms with Crippen molar-refractivity contribution in [2.24, 2.45) is 0 Å². The van der Waals surface area contributed by atoms with E-state index in [0.717, 1.165) is 0 Å². The van der Waals surface area contributed by atoms with Crippen LogP contribution in [0.3, 0.4) is 0 Å². The minimum Gasteiger partial charge on any atom is -0.507 e. The lowest BCUT2D eigenvalue weighted by Crippen LogP contribution is -2.35. The Morgan fingerprint density at radius 2 is 1.88 bits per heavy atom. The van der Waals surface area contributed by atoms with E-state index in [1.165, 1.54) is 4.90 Å². The first-order valence-corrected chi connectivity index (χ1v) is 11.0. The van der Waals surface area contributed by atoms with E-state index < -0.39 is 17.7 Å². The quantitative estimate of drug-likeness (QED) is 0.393. The highest BCUT2D eigenvalue weighted by molar-refractivity contribution is 6.46. The maximum Gasteiger partial charge on any atom is 0.295 e. The van der Waals surface area contributed by atoms with Crippen molar-refractivity contribution >= 4 is 17.4 Å². The fraction of sp³-hybridized carbons (Fsp3) is 0.360. The number of ether oxygens (including phenoxy) is 3. The summed E-state index contributed by atoms with van der Waals surface area (Å²) < 4.78 is 16.8. The standard InChI is InChI=1S/C25H28N2O6/c1-4-31-18-7-5-6-16(14-18)22-21(24(29)25(30)27(22)11-10-26(2)3)23(28)17-8-9-19-20(15-17)33-13-12-32-19/h5-9,14-15,22,28H,4,10-13H2,1-3H3/b23-21-. The molecule has 2 aliphatic heterocycles. The molecule has 0 bridgehead atoms. The minimum absolute atomic E-state index is 0.0454. The summed E-state index contributed by atoms with van der Waals surface area (Å²) in [4.78, 5) is 29.6. The van der Waals surface area contributed by atoms with Gasteiger partial charge in [0.2, 0.25) is 0 Å². The van der Waals surface area contributed by atoms with Gasteiger partial charge >= 0.3 is 0 Å². The van der Waals surface area contributed by atoms with E-state index in [0.29, 0.717) is 61.3 Å². The van der Waals surface area contributed by atoms with Gasteiger partial charge in [0, 0.05) is 18.7 Å². The summed E-state index contributed by atoms with van der Waals surface area (Å²) in [6.07, 6.45) is 0. The summed E-state index contributed by atoms with van der Waals surface area (Å²) in [5.74, 6) is 0.0972. The molecule has 0 spiro atoms. The normalized spacial score (nSPS) is 19.3. The lowest BCUT2D eigenvalue weighted by molar-refractivity contribution is -0.140. The number of likely N-dealkylation sites (N-methyl/N-ethyl adjacent to an activating group) is 1. The van der Waals surface area contributed by atoms with Crippen LogP contribution in [0.2, 0.25) is 0 Å². The van der Waals surface area contributed by atoms with Gasteiger partial charge in [0.05, 0.1) is 18.2 Å². The van der Waals surface area contributed by atoms with Gasteiger partial charge in [-0.25, -0.2) is 0 Å². The molecule has 8 heteroatoms. The smallest absolute Gasteiger partial charge is 0.295 e. The second-order valence-corrected chi connectivity index (χ2v) is 8.16. The van der Waals surface area contributed by atoms with Crippen LogP contribution in [0.5, 0.6) is 17.2 Å². The van der Waals surface area contributed by atoms with Gasteiger partial charge in [-0.15, -0.1) is 0 Å². The van der Waals surface area contributed by atoms with Crippen molar-refractivity contribution in [1.82, 2.24) is 9.80 Å². The SMILES string of the molecule is CCOc1cccc(C2/C(=C(/O)c3ccc4c(c3)OCCO4)C(=O)C(=O)N2CCN(C)C)c1. The maximum absolute atomic E-state index is 13.1. The van der Waals surface area contributed by atoms with E-state index in [1.807, 2.05) is 44.1 Å². The molecule has 1 saturated heterocycles. The van der Waals surface area contributed by atoms with Gasteiger partial charge in [-0.1, -0.05) is 12.1 Å². The number of hydrogen-bond acceptors (Lipinski definition) is 7. The second kappa shape index (κ2) is 9.54. The fourth-order valence-electron chi connectivity index (χ4n) is 4.05. The molecule has 1 unspecified atom stereocenters. The summed E-state index contributed by atoms with van der Waals surface area (Å²) in [6, 6.07) is 11.5. The molecule has 0 aliphatic carbocycles. The largest absolute Gasteiger partial charge is 0.507 e. The van der Waals surface area contributed by atoms with Crippen molar-refractivity contribution in [3.8, 4) is 17.2 Å². The van der Waals surface area contributed by atoms with Crippen LogP contribution < -0.4 is 14.2 Å². The van der Waals surface area contributed by atoms with Crippen LogP contribution in [0, 0.1) is 0 Å². The third-order valence-electron chi connectivity index (χ3n) is 5.63. The molecule has 33 heavy (non-hydrogen) atoms. The number of carbonyl (C=O) groups is 2. The number of fused-ring (bicyclic) bond motifs is 1. The first kappa shape index (κ1) is 22.7. The van der Waals surface area contributed by atoms with Crippen LogP contribution >= 0.6 is 0 Å². The molecule has 174 valence electrons. The van der Waals surface area contributed by atoms with E-state index >= 15 is 0 Å². The Morgan fingerprint density at radius 3 is 2.61 bits per heavy atom. The summed E-state index contributed by atoms with van der Waals surface area (Å²) >= 11 is 0. The van der Waals surface area contributed by atoms with Crippen LogP contribution in [0.25, 0.3) is 5.76 Å². The molecular weight excluding hydrogens is 424 g/mol. The zero-order valence-corrected chi connectivity index (χ0v) is 19.0. The number of carbonyl (C=O) groups excluding carboxylic acids is 2. The molecule has 0 radical (unpaired) electrons.